The van der Waals surface area contributed by atoms with Crippen LogP contribution in [0.2, 0.25) is 0 Å². The molecule has 3 rings (SSSR count). The van der Waals surface area contributed by atoms with E-state index in [2.05, 4.69) is 15.3 Å². The van der Waals surface area contributed by atoms with Gasteiger partial charge in [0.25, 0.3) is 0 Å². The number of aliphatic hydroxyl groups is 1. The van der Waals surface area contributed by atoms with Gasteiger partial charge in [-0.3, -0.25) is 9.69 Å². The lowest BCUT2D eigenvalue weighted by Gasteiger charge is -2.28. The number of fused-ring (bicyclic) bond motifs is 1. The molecule has 6 heteroatoms. The predicted octanol–water partition coefficient (Wildman–Crippen LogP) is 1.06. The van der Waals surface area contributed by atoms with E-state index in [9.17, 15) is 4.79 Å². The van der Waals surface area contributed by atoms with Crippen molar-refractivity contribution in [1.29, 1.82) is 0 Å². The van der Waals surface area contributed by atoms with Gasteiger partial charge in [0, 0.05) is 18.0 Å². The Labute approximate surface area is 109 Å². The molecule has 0 spiro atoms. The van der Waals surface area contributed by atoms with E-state index in [1.807, 2.05) is 24.3 Å². The number of nitrogens with one attached hydrogen (secondary N) is 1. The normalized spacial score (nSPS) is 13.9. The van der Waals surface area contributed by atoms with Crippen molar-refractivity contribution in [2.45, 2.75) is 6.61 Å². The topological polar surface area (TPSA) is 78.4 Å². The Kier molecular flexibility index (Phi) is 2.85. The summed E-state index contributed by atoms with van der Waals surface area (Å²) < 4.78 is 0. The number of aromatic nitrogens is 2. The van der Waals surface area contributed by atoms with E-state index >= 15 is 0 Å². The highest BCUT2D eigenvalue weighted by Crippen LogP contribution is 2.32. The van der Waals surface area contributed by atoms with Crippen LogP contribution in [0.25, 0.3) is 0 Å². The van der Waals surface area contributed by atoms with Crippen LogP contribution in [0.1, 0.15) is 5.56 Å². The highest BCUT2D eigenvalue weighted by Gasteiger charge is 2.24. The maximum absolute atomic E-state index is 11.7. The van der Waals surface area contributed by atoms with Crippen LogP contribution in [0.4, 0.5) is 17.3 Å². The summed E-state index contributed by atoms with van der Waals surface area (Å²) in [4.78, 5) is 21.8. The molecule has 2 heterocycles. The van der Waals surface area contributed by atoms with Crippen LogP contribution in [0.3, 0.4) is 0 Å². The first-order valence-electron chi connectivity index (χ1n) is 5.86. The molecule has 0 saturated carbocycles. The van der Waals surface area contributed by atoms with Crippen LogP contribution < -0.4 is 10.2 Å². The first-order valence-corrected chi connectivity index (χ1v) is 5.86. The summed E-state index contributed by atoms with van der Waals surface area (Å²) in [6.45, 7) is 0.0762. The molecular formula is C13H12N4O2. The maximum atomic E-state index is 11.7. The molecule has 2 aromatic rings. The van der Waals surface area contributed by atoms with Crippen LogP contribution in [0.15, 0.2) is 36.7 Å². The first kappa shape index (κ1) is 11.6. The number of rotatable bonds is 2. The molecule has 0 atom stereocenters. The van der Waals surface area contributed by atoms with Crippen LogP contribution in [-0.2, 0) is 11.4 Å². The largest absolute Gasteiger partial charge is 0.392 e. The van der Waals surface area contributed by atoms with Crippen LogP contribution in [0, 0.1) is 0 Å². The van der Waals surface area contributed by atoms with Gasteiger partial charge in [-0.25, -0.2) is 9.97 Å². The molecule has 0 saturated heterocycles. The second kappa shape index (κ2) is 4.66. The monoisotopic (exact) mass is 256 g/mol. The van der Waals surface area contributed by atoms with Gasteiger partial charge in [0.2, 0.25) is 11.9 Å². The number of carbonyl (C=O) groups excluding carboxylic acids is 1. The first-order chi connectivity index (χ1) is 9.28. The highest BCUT2D eigenvalue weighted by molar-refractivity contribution is 6.02. The van der Waals surface area contributed by atoms with Gasteiger partial charge in [-0.05, 0) is 12.1 Å². The zero-order chi connectivity index (χ0) is 13.2. The SMILES string of the molecule is O=C1CN(c2ncc(CO)cn2)c2ccccc2N1. The van der Waals surface area contributed by atoms with Crippen molar-refractivity contribution in [3.05, 3.63) is 42.2 Å². The second-order valence-corrected chi connectivity index (χ2v) is 4.20. The highest BCUT2D eigenvalue weighted by atomic mass is 16.3. The third-order valence-electron chi connectivity index (χ3n) is 2.89. The standard InChI is InChI=1S/C13H12N4O2/c18-8-9-5-14-13(15-6-9)17-7-12(19)16-10-3-1-2-4-11(10)17/h1-6,18H,7-8H2,(H,16,19). The van der Waals surface area contributed by atoms with Crippen molar-refractivity contribution >= 4 is 23.2 Å². The number of para-hydroxylation sites is 2. The van der Waals surface area contributed by atoms with Crippen molar-refractivity contribution < 1.29 is 9.90 Å². The minimum absolute atomic E-state index is 0.0998. The molecule has 1 aromatic carbocycles. The van der Waals surface area contributed by atoms with Gasteiger partial charge < -0.3 is 10.4 Å². The van der Waals surface area contributed by atoms with E-state index in [4.69, 9.17) is 5.11 Å². The summed E-state index contributed by atoms with van der Waals surface area (Å²) in [7, 11) is 0. The molecule has 1 amide bonds. The molecule has 0 unspecified atom stereocenters. The molecule has 96 valence electrons. The average Bonchev–Trinajstić information content (AvgIpc) is 2.46. The third-order valence-corrected chi connectivity index (χ3v) is 2.89. The fourth-order valence-electron chi connectivity index (χ4n) is 1.98. The summed E-state index contributed by atoms with van der Waals surface area (Å²) in [5, 5.41) is 11.8. The molecule has 1 aromatic heterocycles. The Morgan fingerprint density at radius 1 is 1.26 bits per heavy atom. The second-order valence-electron chi connectivity index (χ2n) is 4.20. The molecule has 0 aliphatic carbocycles. The van der Waals surface area contributed by atoms with E-state index in [0.29, 0.717) is 11.5 Å². The Hall–Kier alpha value is -2.47. The minimum Gasteiger partial charge on any atom is -0.392 e. The van der Waals surface area contributed by atoms with Crippen LogP contribution in [0.5, 0.6) is 0 Å². The van der Waals surface area contributed by atoms with Crippen molar-refractivity contribution in [2.24, 2.45) is 0 Å². The number of nitrogens with zero attached hydrogens (tertiary/aromatic N) is 3. The zero-order valence-corrected chi connectivity index (χ0v) is 10.1. The number of hydrogen-bond acceptors (Lipinski definition) is 5. The molecular weight excluding hydrogens is 244 g/mol. The van der Waals surface area contributed by atoms with Gasteiger partial charge in [-0.1, -0.05) is 12.1 Å². The van der Waals surface area contributed by atoms with Crippen molar-refractivity contribution in [2.75, 3.05) is 16.8 Å². The van der Waals surface area contributed by atoms with Crippen molar-refractivity contribution in [3.8, 4) is 0 Å². The van der Waals surface area contributed by atoms with Gasteiger partial charge in [0.1, 0.15) is 6.54 Å². The van der Waals surface area contributed by atoms with E-state index in [1.54, 1.807) is 17.3 Å². The van der Waals surface area contributed by atoms with E-state index in [1.165, 1.54) is 0 Å². The van der Waals surface area contributed by atoms with Gasteiger partial charge in [-0.15, -0.1) is 0 Å². The number of anilines is 3. The Bertz CT molecular complexity index is 612. The summed E-state index contributed by atoms with van der Waals surface area (Å²) in [6.07, 6.45) is 3.11. The lowest BCUT2D eigenvalue weighted by molar-refractivity contribution is -0.115. The molecule has 0 radical (unpaired) electrons. The van der Waals surface area contributed by atoms with Crippen molar-refractivity contribution in [3.63, 3.8) is 0 Å². The number of carbonyl (C=O) groups is 1. The third kappa shape index (κ3) is 2.13. The minimum atomic E-state index is -0.103. The van der Waals surface area contributed by atoms with Crippen molar-refractivity contribution in [1.82, 2.24) is 9.97 Å². The average molecular weight is 256 g/mol. The number of aliphatic hydroxyl groups excluding tert-OH is 1. The molecule has 1 aliphatic heterocycles. The predicted molar refractivity (Wildman–Crippen MR) is 70.0 cm³/mol. The Morgan fingerprint density at radius 2 is 2.00 bits per heavy atom. The van der Waals surface area contributed by atoms with Gasteiger partial charge in [-0.2, -0.15) is 0 Å². The Balaban J connectivity index is 2.02. The van der Waals surface area contributed by atoms with E-state index in [-0.39, 0.29) is 19.1 Å². The lowest BCUT2D eigenvalue weighted by atomic mass is 10.2. The summed E-state index contributed by atoms with van der Waals surface area (Å²) in [6, 6.07) is 7.49. The Morgan fingerprint density at radius 3 is 2.74 bits per heavy atom. The van der Waals surface area contributed by atoms with Crippen LogP contribution in [-0.4, -0.2) is 27.5 Å². The van der Waals surface area contributed by atoms with Gasteiger partial charge >= 0.3 is 0 Å². The summed E-state index contributed by atoms with van der Waals surface area (Å²) in [5.74, 6) is 0.341. The summed E-state index contributed by atoms with van der Waals surface area (Å²) in [5.41, 5.74) is 2.24. The number of amides is 1. The fourth-order valence-corrected chi connectivity index (χ4v) is 1.98. The molecule has 0 bridgehead atoms. The number of hydrogen-bond donors (Lipinski definition) is 2. The van der Waals surface area contributed by atoms with E-state index < -0.39 is 0 Å². The lowest BCUT2D eigenvalue weighted by Crippen LogP contribution is -2.35. The van der Waals surface area contributed by atoms with Gasteiger partial charge in [0.05, 0.1) is 18.0 Å². The molecule has 6 nitrogen and oxygen atoms in total. The maximum Gasteiger partial charge on any atom is 0.244 e. The molecule has 2 N–H and O–H groups in total. The zero-order valence-electron chi connectivity index (χ0n) is 10.1. The smallest absolute Gasteiger partial charge is 0.244 e. The van der Waals surface area contributed by atoms with Gasteiger partial charge in [0.15, 0.2) is 0 Å². The fraction of sp³-hybridized carbons (Fsp3) is 0.154. The molecule has 1 aliphatic rings. The molecule has 19 heavy (non-hydrogen) atoms. The van der Waals surface area contributed by atoms with Crippen LogP contribution >= 0.6 is 0 Å². The molecule has 0 fully saturated rings. The quantitative estimate of drug-likeness (QED) is 0.840. The number of benzene rings is 1. The van der Waals surface area contributed by atoms with E-state index in [0.717, 1.165) is 11.4 Å². The summed E-state index contributed by atoms with van der Waals surface area (Å²) >= 11 is 0.